The highest BCUT2D eigenvalue weighted by Crippen LogP contribution is 2.23. The van der Waals surface area contributed by atoms with Gasteiger partial charge in [0.2, 0.25) is 0 Å². The summed E-state index contributed by atoms with van der Waals surface area (Å²) < 4.78 is 5.02. The number of aryl methyl sites for hydroxylation is 1. The molecule has 0 amide bonds. The van der Waals surface area contributed by atoms with Crippen LogP contribution >= 0.6 is 0 Å². The molecule has 0 saturated heterocycles. The number of carbonyl (C=O) groups is 1. The van der Waals surface area contributed by atoms with Crippen LogP contribution in [0.1, 0.15) is 16.7 Å². The zero-order valence-corrected chi connectivity index (χ0v) is 12.7. The topological polar surface area (TPSA) is 46.5 Å². The molecular weight excluding hydrogens is 276 g/mol. The highest BCUT2D eigenvalue weighted by molar-refractivity contribution is 5.81. The Morgan fingerprint density at radius 2 is 1.82 bits per heavy atom. The summed E-state index contributed by atoms with van der Waals surface area (Å²) >= 11 is 0. The van der Waals surface area contributed by atoms with E-state index in [1.807, 2.05) is 18.2 Å². The number of esters is 1. The SMILES string of the molecule is C=CC(=O)OCCc1cc(-c2ccc(C)cc2)ccc1CO. The summed E-state index contributed by atoms with van der Waals surface area (Å²) in [6, 6.07) is 14.2. The van der Waals surface area contributed by atoms with Crippen molar-refractivity contribution < 1.29 is 14.6 Å². The zero-order chi connectivity index (χ0) is 15.9. The quantitative estimate of drug-likeness (QED) is 0.656. The van der Waals surface area contributed by atoms with Crippen LogP contribution in [-0.4, -0.2) is 17.7 Å². The molecule has 2 rings (SSSR count). The average Bonchev–Trinajstić information content (AvgIpc) is 2.55. The first-order valence-electron chi connectivity index (χ1n) is 7.23. The minimum absolute atomic E-state index is 0.0289. The minimum atomic E-state index is -0.430. The fourth-order valence-corrected chi connectivity index (χ4v) is 2.26. The Labute approximate surface area is 130 Å². The second-order valence-electron chi connectivity index (χ2n) is 5.13. The molecule has 2 aromatic rings. The number of aliphatic hydroxyl groups is 1. The summed E-state index contributed by atoms with van der Waals surface area (Å²) in [4.78, 5) is 11.1. The van der Waals surface area contributed by atoms with E-state index >= 15 is 0 Å². The third kappa shape index (κ3) is 4.06. The second-order valence-corrected chi connectivity index (χ2v) is 5.13. The highest BCUT2D eigenvalue weighted by Gasteiger charge is 2.06. The second kappa shape index (κ2) is 7.57. The molecule has 0 atom stereocenters. The third-order valence-corrected chi connectivity index (χ3v) is 3.54. The monoisotopic (exact) mass is 296 g/mol. The first kappa shape index (κ1) is 16.0. The zero-order valence-electron chi connectivity index (χ0n) is 12.7. The number of benzene rings is 2. The normalized spacial score (nSPS) is 10.3. The van der Waals surface area contributed by atoms with E-state index in [1.54, 1.807) is 0 Å². The van der Waals surface area contributed by atoms with Crippen molar-refractivity contribution in [3.05, 3.63) is 71.8 Å². The molecule has 0 aliphatic carbocycles. The highest BCUT2D eigenvalue weighted by atomic mass is 16.5. The Kier molecular flexibility index (Phi) is 5.50. The molecule has 0 aromatic heterocycles. The maximum atomic E-state index is 11.1. The molecule has 0 heterocycles. The van der Waals surface area contributed by atoms with Crippen molar-refractivity contribution in [1.29, 1.82) is 0 Å². The molecule has 114 valence electrons. The molecule has 3 heteroatoms. The van der Waals surface area contributed by atoms with Gasteiger partial charge < -0.3 is 9.84 Å². The molecule has 2 aromatic carbocycles. The Morgan fingerprint density at radius 1 is 1.14 bits per heavy atom. The van der Waals surface area contributed by atoms with Crippen molar-refractivity contribution in [1.82, 2.24) is 0 Å². The number of ether oxygens (including phenoxy) is 1. The van der Waals surface area contributed by atoms with E-state index < -0.39 is 5.97 Å². The van der Waals surface area contributed by atoms with Crippen molar-refractivity contribution in [2.45, 2.75) is 20.0 Å². The Bertz CT molecular complexity index is 657. The number of hydrogen-bond donors (Lipinski definition) is 1. The molecule has 22 heavy (non-hydrogen) atoms. The summed E-state index contributed by atoms with van der Waals surface area (Å²) in [5.41, 5.74) is 5.26. The molecule has 0 fully saturated rings. The molecule has 0 spiro atoms. The first-order chi connectivity index (χ1) is 10.6. The molecule has 0 radical (unpaired) electrons. The van der Waals surface area contributed by atoms with Crippen LogP contribution in [0.15, 0.2) is 55.1 Å². The predicted molar refractivity (Wildman–Crippen MR) is 87.4 cm³/mol. The van der Waals surface area contributed by atoms with E-state index in [1.165, 1.54) is 5.56 Å². The van der Waals surface area contributed by atoms with E-state index in [0.29, 0.717) is 6.42 Å². The van der Waals surface area contributed by atoms with Gasteiger partial charge in [-0.3, -0.25) is 0 Å². The van der Waals surface area contributed by atoms with Crippen molar-refractivity contribution in [3.63, 3.8) is 0 Å². The lowest BCUT2D eigenvalue weighted by Gasteiger charge is -2.11. The number of carbonyl (C=O) groups excluding carboxylic acids is 1. The third-order valence-electron chi connectivity index (χ3n) is 3.54. The molecule has 3 nitrogen and oxygen atoms in total. The fraction of sp³-hybridized carbons (Fsp3) is 0.211. The van der Waals surface area contributed by atoms with E-state index in [4.69, 9.17) is 4.74 Å². The van der Waals surface area contributed by atoms with Crippen LogP contribution in [0.3, 0.4) is 0 Å². The van der Waals surface area contributed by atoms with Gasteiger partial charge in [-0.1, -0.05) is 54.6 Å². The van der Waals surface area contributed by atoms with Gasteiger partial charge in [0.1, 0.15) is 0 Å². The Hall–Kier alpha value is -2.39. The van der Waals surface area contributed by atoms with Crippen LogP contribution in [-0.2, 0) is 22.6 Å². The molecule has 0 aliphatic rings. The fourth-order valence-electron chi connectivity index (χ4n) is 2.26. The van der Waals surface area contributed by atoms with Gasteiger partial charge >= 0.3 is 5.97 Å². The average molecular weight is 296 g/mol. The summed E-state index contributed by atoms with van der Waals surface area (Å²) in [5.74, 6) is -0.430. The number of rotatable bonds is 6. The Balaban J connectivity index is 2.20. The molecular formula is C19H20O3. The first-order valence-corrected chi connectivity index (χ1v) is 7.23. The van der Waals surface area contributed by atoms with Gasteiger partial charge in [0.15, 0.2) is 0 Å². The van der Waals surface area contributed by atoms with Gasteiger partial charge in [-0.15, -0.1) is 0 Å². The van der Waals surface area contributed by atoms with Gasteiger partial charge in [0, 0.05) is 12.5 Å². The predicted octanol–water partition coefficient (Wildman–Crippen LogP) is 3.43. The summed E-state index contributed by atoms with van der Waals surface area (Å²) in [6.45, 7) is 5.66. The molecule has 0 unspecified atom stereocenters. The lowest BCUT2D eigenvalue weighted by Crippen LogP contribution is -2.06. The van der Waals surface area contributed by atoms with Gasteiger partial charge in [0.05, 0.1) is 13.2 Å². The maximum Gasteiger partial charge on any atom is 0.330 e. The molecule has 1 N–H and O–H groups in total. The standard InChI is InChI=1S/C19H20O3/c1-3-19(21)22-11-10-17-12-16(8-9-18(17)13-20)15-6-4-14(2)5-7-15/h3-9,12,20H,1,10-11,13H2,2H3. The van der Waals surface area contributed by atoms with Crippen molar-refractivity contribution in [2.24, 2.45) is 0 Å². The van der Waals surface area contributed by atoms with Crippen LogP contribution in [0.4, 0.5) is 0 Å². The van der Waals surface area contributed by atoms with Gasteiger partial charge in [-0.25, -0.2) is 4.79 Å². The van der Waals surface area contributed by atoms with Crippen molar-refractivity contribution in [2.75, 3.05) is 6.61 Å². The van der Waals surface area contributed by atoms with Crippen LogP contribution in [0.25, 0.3) is 11.1 Å². The lowest BCUT2D eigenvalue weighted by atomic mass is 9.97. The molecule has 0 bridgehead atoms. The van der Waals surface area contributed by atoms with Gasteiger partial charge in [-0.05, 0) is 29.2 Å². The lowest BCUT2D eigenvalue weighted by molar-refractivity contribution is -0.137. The smallest absolute Gasteiger partial charge is 0.330 e. The van der Waals surface area contributed by atoms with Crippen LogP contribution < -0.4 is 0 Å². The van der Waals surface area contributed by atoms with E-state index in [-0.39, 0.29) is 13.2 Å². The van der Waals surface area contributed by atoms with Gasteiger partial charge in [-0.2, -0.15) is 0 Å². The van der Waals surface area contributed by atoms with E-state index in [0.717, 1.165) is 28.3 Å². The van der Waals surface area contributed by atoms with Crippen LogP contribution in [0, 0.1) is 6.92 Å². The maximum absolute atomic E-state index is 11.1. The van der Waals surface area contributed by atoms with Crippen molar-refractivity contribution >= 4 is 5.97 Å². The summed E-state index contributed by atoms with van der Waals surface area (Å²) in [5, 5.41) is 9.45. The van der Waals surface area contributed by atoms with Crippen LogP contribution in [0.2, 0.25) is 0 Å². The number of aliphatic hydroxyl groups excluding tert-OH is 1. The molecule has 0 aliphatic heterocycles. The summed E-state index contributed by atoms with van der Waals surface area (Å²) in [7, 11) is 0. The number of hydrogen-bond acceptors (Lipinski definition) is 3. The van der Waals surface area contributed by atoms with Crippen molar-refractivity contribution in [3.8, 4) is 11.1 Å². The Morgan fingerprint density at radius 3 is 2.45 bits per heavy atom. The minimum Gasteiger partial charge on any atom is -0.462 e. The largest absolute Gasteiger partial charge is 0.462 e. The van der Waals surface area contributed by atoms with E-state index in [9.17, 15) is 9.90 Å². The molecule has 0 saturated carbocycles. The van der Waals surface area contributed by atoms with Gasteiger partial charge in [0.25, 0.3) is 0 Å². The van der Waals surface area contributed by atoms with E-state index in [2.05, 4.69) is 37.8 Å². The summed E-state index contributed by atoms with van der Waals surface area (Å²) in [6.07, 6.45) is 1.71. The van der Waals surface area contributed by atoms with Crippen LogP contribution in [0.5, 0.6) is 0 Å².